The molecular formula is C7H15NO3. The Balaban J connectivity index is 1.86. The van der Waals surface area contributed by atoms with Crippen molar-refractivity contribution in [3.8, 4) is 0 Å². The van der Waals surface area contributed by atoms with Gasteiger partial charge < -0.3 is 14.3 Å². The average molecular weight is 161 g/mol. The second-order valence-corrected chi connectivity index (χ2v) is 2.29. The number of hydrogen-bond acceptors (Lipinski definition) is 4. The normalized spacial score (nSPS) is 19.4. The molecule has 0 spiro atoms. The van der Waals surface area contributed by atoms with Crippen molar-refractivity contribution in [2.75, 3.05) is 26.4 Å². The third-order valence-electron chi connectivity index (χ3n) is 1.42. The third kappa shape index (κ3) is 3.67. The van der Waals surface area contributed by atoms with Crippen LogP contribution in [0.25, 0.3) is 0 Å². The van der Waals surface area contributed by atoms with Gasteiger partial charge in [0.05, 0.1) is 19.8 Å². The lowest BCUT2D eigenvalue weighted by molar-refractivity contribution is -0.0557. The van der Waals surface area contributed by atoms with Gasteiger partial charge >= 0.3 is 0 Å². The van der Waals surface area contributed by atoms with Gasteiger partial charge in [-0.05, 0) is 6.92 Å². The molecule has 1 saturated heterocycles. The van der Waals surface area contributed by atoms with E-state index in [4.69, 9.17) is 14.3 Å². The molecule has 1 heterocycles. The molecule has 0 atom stereocenters. The van der Waals surface area contributed by atoms with Gasteiger partial charge in [0.25, 0.3) is 0 Å². The highest BCUT2D eigenvalue weighted by Crippen LogP contribution is 2.06. The van der Waals surface area contributed by atoms with Crippen molar-refractivity contribution in [1.29, 1.82) is 0 Å². The van der Waals surface area contributed by atoms with Crippen LogP contribution >= 0.6 is 0 Å². The van der Waals surface area contributed by atoms with E-state index >= 15 is 0 Å². The summed E-state index contributed by atoms with van der Waals surface area (Å²) in [5, 5.41) is 0. The highest BCUT2D eigenvalue weighted by Gasteiger charge is 2.14. The third-order valence-corrected chi connectivity index (χ3v) is 1.42. The van der Waals surface area contributed by atoms with Crippen LogP contribution in [0, 0.1) is 0 Å². The molecule has 1 aliphatic heterocycles. The lowest BCUT2D eigenvalue weighted by atomic mass is 10.4. The Morgan fingerprint density at radius 3 is 2.82 bits per heavy atom. The minimum absolute atomic E-state index is 0.0250. The topological polar surface area (TPSA) is 39.7 Å². The van der Waals surface area contributed by atoms with Crippen LogP contribution in [0.4, 0.5) is 0 Å². The van der Waals surface area contributed by atoms with E-state index in [0.717, 1.165) is 26.2 Å². The molecule has 1 N–H and O–H groups in total. The molecule has 1 fully saturated rings. The minimum atomic E-state index is -0.0250. The second-order valence-electron chi connectivity index (χ2n) is 2.29. The van der Waals surface area contributed by atoms with Gasteiger partial charge in [0.15, 0.2) is 6.29 Å². The molecule has 0 saturated carbocycles. The van der Waals surface area contributed by atoms with Crippen molar-refractivity contribution in [1.82, 2.24) is 5.48 Å². The van der Waals surface area contributed by atoms with E-state index in [1.165, 1.54) is 0 Å². The first-order chi connectivity index (χ1) is 5.43. The lowest BCUT2D eigenvalue weighted by Gasteiger charge is -2.08. The first-order valence-corrected chi connectivity index (χ1v) is 4.01. The molecule has 4 heteroatoms. The Labute approximate surface area is 66.8 Å². The monoisotopic (exact) mass is 161 g/mol. The first kappa shape index (κ1) is 8.93. The predicted molar refractivity (Wildman–Crippen MR) is 39.9 cm³/mol. The van der Waals surface area contributed by atoms with Crippen molar-refractivity contribution in [3.63, 3.8) is 0 Å². The van der Waals surface area contributed by atoms with Gasteiger partial charge in [-0.3, -0.25) is 0 Å². The molecule has 0 aliphatic carbocycles. The van der Waals surface area contributed by atoms with Crippen LogP contribution in [0.5, 0.6) is 0 Å². The maximum atomic E-state index is 5.22. The van der Waals surface area contributed by atoms with Crippen LogP contribution in [0.15, 0.2) is 0 Å². The Morgan fingerprint density at radius 1 is 1.45 bits per heavy atom. The highest BCUT2D eigenvalue weighted by molar-refractivity contribution is 4.52. The van der Waals surface area contributed by atoms with Gasteiger partial charge in [-0.25, -0.2) is 5.48 Å². The van der Waals surface area contributed by atoms with Crippen LogP contribution in [0.2, 0.25) is 0 Å². The summed E-state index contributed by atoms with van der Waals surface area (Å²) in [4.78, 5) is 4.93. The van der Waals surface area contributed by atoms with Gasteiger partial charge in [-0.15, -0.1) is 0 Å². The standard InChI is InChI=1S/C7H15NO3/c1-2-11-8-4-3-7-9-5-6-10-7/h7-8H,2-6H2,1H3. The summed E-state index contributed by atoms with van der Waals surface area (Å²) in [5.74, 6) is 0. The van der Waals surface area contributed by atoms with E-state index < -0.39 is 0 Å². The summed E-state index contributed by atoms with van der Waals surface area (Å²) in [6.07, 6.45) is 0.822. The average Bonchev–Trinajstić information content (AvgIpc) is 2.50. The highest BCUT2D eigenvalue weighted by atomic mass is 16.7. The van der Waals surface area contributed by atoms with Crippen molar-refractivity contribution < 1.29 is 14.3 Å². The zero-order chi connectivity index (χ0) is 7.94. The second kappa shape index (κ2) is 5.49. The van der Waals surface area contributed by atoms with Crippen LogP contribution < -0.4 is 5.48 Å². The molecule has 11 heavy (non-hydrogen) atoms. The Bertz CT molecular complexity index is 93.7. The van der Waals surface area contributed by atoms with E-state index in [1.807, 2.05) is 6.92 Å². The van der Waals surface area contributed by atoms with Crippen molar-refractivity contribution in [3.05, 3.63) is 0 Å². The van der Waals surface area contributed by atoms with Crippen molar-refractivity contribution in [2.45, 2.75) is 19.6 Å². The van der Waals surface area contributed by atoms with E-state index in [2.05, 4.69) is 5.48 Å². The SMILES string of the molecule is CCONCCC1OCCO1. The van der Waals surface area contributed by atoms with Gasteiger partial charge in [-0.1, -0.05) is 0 Å². The number of nitrogens with one attached hydrogen (secondary N) is 1. The zero-order valence-corrected chi connectivity index (χ0v) is 6.84. The zero-order valence-electron chi connectivity index (χ0n) is 6.84. The quantitative estimate of drug-likeness (QED) is 0.464. The predicted octanol–water partition coefficient (Wildman–Crippen LogP) is 0.290. The molecule has 1 aliphatic rings. The maximum absolute atomic E-state index is 5.22. The molecule has 0 unspecified atom stereocenters. The fourth-order valence-corrected chi connectivity index (χ4v) is 0.925. The molecular weight excluding hydrogens is 146 g/mol. The number of hydrogen-bond donors (Lipinski definition) is 1. The van der Waals surface area contributed by atoms with Crippen LogP contribution in [-0.2, 0) is 14.3 Å². The van der Waals surface area contributed by atoms with Gasteiger partial charge in [0, 0.05) is 13.0 Å². The van der Waals surface area contributed by atoms with Gasteiger partial charge in [0.2, 0.25) is 0 Å². The molecule has 4 nitrogen and oxygen atoms in total. The molecule has 0 aromatic carbocycles. The molecule has 0 radical (unpaired) electrons. The molecule has 66 valence electrons. The smallest absolute Gasteiger partial charge is 0.159 e. The van der Waals surface area contributed by atoms with Crippen molar-refractivity contribution in [2.24, 2.45) is 0 Å². The van der Waals surface area contributed by atoms with Crippen LogP contribution in [0.3, 0.4) is 0 Å². The maximum Gasteiger partial charge on any atom is 0.159 e. The Morgan fingerprint density at radius 2 is 2.18 bits per heavy atom. The summed E-state index contributed by atoms with van der Waals surface area (Å²) in [6.45, 7) is 4.85. The fraction of sp³-hybridized carbons (Fsp3) is 1.00. The summed E-state index contributed by atoms with van der Waals surface area (Å²) < 4.78 is 10.4. The summed E-state index contributed by atoms with van der Waals surface area (Å²) in [6, 6.07) is 0. The Kier molecular flexibility index (Phi) is 4.45. The summed E-state index contributed by atoms with van der Waals surface area (Å²) >= 11 is 0. The Hall–Kier alpha value is -0.160. The number of ether oxygens (including phenoxy) is 2. The van der Waals surface area contributed by atoms with Crippen LogP contribution in [-0.4, -0.2) is 32.7 Å². The molecule has 0 aromatic rings. The summed E-state index contributed by atoms with van der Waals surface area (Å²) in [7, 11) is 0. The van der Waals surface area contributed by atoms with Crippen molar-refractivity contribution >= 4 is 0 Å². The van der Waals surface area contributed by atoms with E-state index in [0.29, 0.717) is 6.61 Å². The number of hydroxylamine groups is 1. The molecule has 1 rings (SSSR count). The molecule has 0 bridgehead atoms. The van der Waals surface area contributed by atoms with E-state index in [1.54, 1.807) is 0 Å². The van der Waals surface area contributed by atoms with E-state index in [9.17, 15) is 0 Å². The number of rotatable bonds is 5. The first-order valence-electron chi connectivity index (χ1n) is 4.01. The summed E-state index contributed by atoms with van der Waals surface area (Å²) in [5.41, 5.74) is 2.80. The van der Waals surface area contributed by atoms with Gasteiger partial charge in [-0.2, -0.15) is 0 Å². The largest absolute Gasteiger partial charge is 0.350 e. The fourth-order valence-electron chi connectivity index (χ4n) is 0.925. The lowest BCUT2D eigenvalue weighted by Crippen LogP contribution is -2.21. The molecule has 0 aromatic heterocycles. The van der Waals surface area contributed by atoms with Crippen LogP contribution in [0.1, 0.15) is 13.3 Å². The minimum Gasteiger partial charge on any atom is -0.350 e. The van der Waals surface area contributed by atoms with E-state index in [-0.39, 0.29) is 6.29 Å². The molecule has 0 amide bonds. The van der Waals surface area contributed by atoms with Gasteiger partial charge in [0.1, 0.15) is 0 Å².